The van der Waals surface area contributed by atoms with Gasteiger partial charge in [-0.05, 0) is 40.2 Å². The second kappa shape index (κ2) is 6.20. The topological polar surface area (TPSA) is 102 Å². The van der Waals surface area contributed by atoms with E-state index in [0.717, 1.165) is 5.56 Å². The summed E-state index contributed by atoms with van der Waals surface area (Å²) in [4.78, 5) is 0.0132. The monoisotopic (exact) mass is 402 g/mol. The number of nitriles is 1. The van der Waals surface area contributed by atoms with E-state index < -0.39 is 10.0 Å². The van der Waals surface area contributed by atoms with Crippen molar-refractivity contribution in [3.05, 3.63) is 64.8 Å². The van der Waals surface area contributed by atoms with E-state index in [-0.39, 0.29) is 10.6 Å². The van der Waals surface area contributed by atoms with E-state index in [9.17, 15) is 13.7 Å². The number of rotatable bonds is 3. The van der Waals surface area contributed by atoms with Crippen LogP contribution in [0, 0.1) is 11.3 Å². The first-order valence-corrected chi connectivity index (χ1v) is 9.13. The van der Waals surface area contributed by atoms with Gasteiger partial charge in [-0.15, -0.1) is 0 Å². The smallest absolute Gasteiger partial charge is 0.231 e. The number of sulfonamides is 1. The molecule has 0 aliphatic heterocycles. The lowest BCUT2D eigenvalue weighted by molar-refractivity contribution is 0.598. The zero-order valence-corrected chi connectivity index (χ0v) is 14.6. The van der Waals surface area contributed by atoms with Crippen molar-refractivity contribution >= 4 is 26.0 Å². The number of aromatic nitrogens is 2. The molecule has 0 spiro atoms. The maximum atomic E-state index is 11.4. The Kier molecular flexibility index (Phi) is 4.24. The van der Waals surface area contributed by atoms with Gasteiger partial charge in [-0.3, -0.25) is 0 Å². The van der Waals surface area contributed by atoms with E-state index in [1.807, 2.05) is 36.4 Å². The van der Waals surface area contributed by atoms with Crippen LogP contribution in [-0.2, 0) is 10.0 Å². The number of benzene rings is 2. The van der Waals surface area contributed by atoms with Crippen LogP contribution in [0.3, 0.4) is 0 Å². The number of nitrogens with zero attached hydrogens (tertiary/aromatic N) is 3. The summed E-state index contributed by atoms with van der Waals surface area (Å²) in [6.45, 7) is 0. The number of primary sulfonamides is 1. The van der Waals surface area contributed by atoms with Gasteiger partial charge < -0.3 is 0 Å². The minimum Gasteiger partial charge on any atom is -0.231 e. The van der Waals surface area contributed by atoms with E-state index in [0.29, 0.717) is 15.9 Å². The molecule has 0 fully saturated rings. The molecule has 24 heavy (non-hydrogen) atoms. The fourth-order valence-electron chi connectivity index (χ4n) is 2.28. The Morgan fingerprint density at radius 1 is 1.08 bits per heavy atom. The van der Waals surface area contributed by atoms with Crippen molar-refractivity contribution in [2.75, 3.05) is 0 Å². The second-order valence-corrected chi connectivity index (χ2v) is 7.29. The third-order valence-electron chi connectivity index (χ3n) is 3.39. The molecule has 0 atom stereocenters. The van der Waals surface area contributed by atoms with Gasteiger partial charge in [0.25, 0.3) is 0 Å². The molecule has 1 heterocycles. The molecule has 0 amide bonds. The summed E-state index contributed by atoms with van der Waals surface area (Å²) in [5.41, 5.74) is 2.43. The van der Waals surface area contributed by atoms with E-state index in [2.05, 4.69) is 21.0 Å². The van der Waals surface area contributed by atoms with Gasteiger partial charge >= 0.3 is 0 Å². The van der Waals surface area contributed by atoms with Gasteiger partial charge in [-0.2, -0.15) is 10.4 Å². The summed E-state index contributed by atoms with van der Waals surface area (Å²) >= 11 is 3.42. The van der Waals surface area contributed by atoms with Crippen molar-refractivity contribution in [1.29, 1.82) is 5.26 Å². The van der Waals surface area contributed by atoms with Gasteiger partial charge in [-0.25, -0.2) is 18.2 Å². The van der Waals surface area contributed by atoms with Gasteiger partial charge in [0.05, 0.1) is 20.7 Å². The molecule has 0 unspecified atom stereocenters. The summed E-state index contributed by atoms with van der Waals surface area (Å²) in [5, 5.41) is 18.7. The van der Waals surface area contributed by atoms with Crippen molar-refractivity contribution in [1.82, 2.24) is 9.78 Å². The molecule has 0 radical (unpaired) electrons. The quantitative estimate of drug-likeness (QED) is 0.727. The van der Waals surface area contributed by atoms with Crippen molar-refractivity contribution in [3.63, 3.8) is 0 Å². The molecule has 0 aliphatic rings. The molecule has 3 aromatic rings. The maximum absolute atomic E-state index is 11.4. The van der Waals surface area contributed by atoms with Crippen LogP contribution in [0.1, 0.15) is 5.69 Å². The highest BCUT2D eigenvalue weighted by Gasteiger charge is 2.18. The lowest BCUT2D eigenvalue weighted by Gasteiger charge is -2.09. The number of halogens is 1. The minimum atomic E-state index is -3.76. The predicted octanol–water partition coefficient (Wildman–Crippen LogP) is 2.82. The fourth-order valence-corrected chi connectivity index (χ4v) is 3.36. The van der Waals surface area contributed by atoms with Gasteiger partial charge in [0.2, 0.25) is 10.0 Å². The standard InChI is InChI=1S/C16H11BrN4O2S/c17-15-14(10-18)20-21(16(15)11-4-2-1-3-5-11)12-6-8-13(9-7-12)24(19,22)23/h1-9H,(H2,19,22,23). The Labute approximate surface area is 147 Å². The highest BCUT2D eigenvalue weighted by Crippen LogP contribution is 2.33. The van der Waals surface area contributed by atoms with E-state index in [1.54, 1.807) is 16.8 Å². The van der Waals surface area contributed by atoms with Crippen LogP contribution < -0.4 is 5.14 Å². The Bertz CT molecular complexity index is 1040. The normalized spacial score (nSPS) is 11.2. The number of nitrogens with two attached hydrogens (primary N) is 1. The molecule has 2 N–H and O–H groups in total. The van der Waals surface area contributed by atoms with Gasteiger partial charge in [0.1, 0.15) is 6.07 Å². The fraction of sp³-hybridized carbons (Fsp3) is 0. The summed E-state index contributed by atoms with van der Waals surface area (Å²) < 4.78 is 24.9. The summed E-state index contributed by atoms with van der Waals surface area (Å²) in [5.74, 6) is 0. The van der Waals surface area contributed by atoms with Crippen LogP contribution in [0.2, 0.25) is 0 Å². The van der Waals surface area contributed by atoms with Crippen LogP contribution in [0.4, 0.5) is 0 Å². The van der Waals surface area contributed by atoms with Crippen LogP contribution >= 0.6 is 15.9 Å². The second-order valence-electron chi connectivity index (χ2n) is 4.94. The first kappa shape index (κ1) is 16.4. The molecule has 6 nitrogen and oxygen atoms in total. The molecule has 120 valence electrons. The minimum absolute atomic E-state index is 0.0132. The summed E-state index contributed by atoms with van der Waals surface area (Å²) in [6.07, 6.45) is 0. The number of hydrogen-bond donors (Lipinski definition) is 1. The molecule has 0 bridgehead atoms. The molecular formula is C16H11BrN4O2S. The van der Waals surface area contributed by atoms with Crippen LogP contribution in [0.15, 0.2) is 64.0 Å². The molecule has 1 aromatic heterocycles. The third-order valence-corrected chi connectivity index (χ3v) is 5.07. The molecule has 0 aliphatic carbocycles. The number of hydrogen-bond acceptors (Lipinski definition) is 4. The van der Waals surface area contributed by atoms with E-state index >= 15 is 0 Å². The lowest BCUT2D eigenvalue weighted by Crippen LogP contribution is -2.12. The van der Waals surface area contributed by atoms with Crippen molar-refractivity contribution < 1.29 is 8.42 Å². The van der Waals surface area contributed by atoms with E-state index in [1.165, 1.54) is 12.1 Å². The van der Waals surface area contributed by atoms with Crippen molar-refractivity contribution in [3.8, 4) is 23.0 Å². The summed E-state index contributed by atoms with van der Waals surface area (Å²) in [6, 6.07) is 17.5. The largest absolute Gasteiger partial charge is 0.238 e. The molecule has 8 heteroatoms. The highest BCUT2D eigenvalue weighted by molar-refractivity contribution is 9.10. The first-order chi connectivity index (χ1) is 11.4. The average molecular weight is 403 g/mol. The van der Waals surface area contributed by atoms with Crippen molar-refractivity contribution in [2.45, 2.75) is 4.90 Å². The zero-order valence-electron chi connectivity index (χ0n) is 12.2. The Balaban J connectivity index is 2.20. The molecular weight excluding hydrogens is 392 g/mol. The Morgan fingerprint density at radius 3 is 2.25 bits per heavy atom. The average Bonchev–Trinajstić information content (AvgIpc) is 2.91. The summed E-state index contributed by atoms with van der Waals surface area (Å²) in [7, 11) is -3.76. The van der Waals surface area contributed by atoms with Crippen LogP contribution in [-0.4, -0.2) is 18.2 Å². The molecule has 0 saturated heterocycles. The zero-order chi connectivity index (χ0) is 17.3. The van der Waals surface area contributed by atoms with Gasteiger partial charge in [0, 0.05) is 5.56 Å². The van der Waals surface area contributed by atoms with E-state index in [4.69, 9.17) is 5.14 Å². The van der Waals surface area contributed by atoms with Crippen LogP contribution in [0.25, 0.3) is 16.9 Å². The SMILES string of the molecule is N#Cc1nn(-c2ccc(S(N)(=O)=O)cc2)c(-c2ccccc2)c1Br. The van der Waals surface area contributed by atoms with Crippen LogP contribution in [0.5, 0.6) is 0 Å². The predicted molar refractivity (Wildman–Crippen MR) is 92.8 cm³/mol. The Hall–Kier alpha value is -2.47. The lowest BCUT2D eigenvalue weighted by atomic mass is 10.1. The maximum Gasteiger partial charge on any atom is 0.238 e. The first-order valence-electron chi connectivity index (χ1n) is 6.79. The molecule has 0 saturated carbocycles. The van der Waals surface area contributed by atoms with Gasteiger partial charge in [0.15, 0.2) is 5.69 Å². The third kappa shape index (κ3) is 2.97. The van der Waals surface area contributed by atoms with Crippen molar-refractivity contribution in [2.24, 2.45) is 5.14 Å². The van der Waals surface area contributed by atoms with Gasteiger partial charge in [-0.1, -0.05) is 30.3 Å². The Morgan fingerprint density at radius 2 is 1.71 bits per heavy atom. The highest BCUT2D eigenvalue weighted by atomic mass is 79.9. The molecule has 2 aromatic carbocycles. The molecule has 3 rings (SSSR count).